The van der Waals surface area contributed by atoms with Gasteiger partial charge in [0, 0.05) is 11.4 Å². The minimum Gasteiger partial charge on any atom is -0.216 e. The first-order valence-electron chi connectivity index (χ1n) is 7.38. The Morgan fingerprint density at radius 3 is 2.61 bits per heavy atom. The van der Waals surface area contributed by atoms with Crippen molar-refractivity contribution in [3.8, 4) is 6.07 Å². The molecule has 2 aromatic heterocycles. The lowest BCUT2D eigenvalue weighted by Crippen LogP contribution is -2.04. The van der Waals surface area contributed by atoms with E-state index in [0.29, 0.717) is 17.4 Å². The van der Waals surface area contributed by atoms with Gasteiger partial charge in [-0.1, -0.05) is 41.6 Å². The summed E-state index contributed by atoms with van der Waals surface area (Å²) in [5.74, 6) is 0.581. The van der Waals surface area contributed by atoms with Crippen LogP contribution in [0.5, 0.6) is 0 Å². The van der Waals surface area contributed by atoms with Crippen molar-refractivity contribution >= 4 is 17.5 Å². The summed E-state index contributed by atoms with van der Waals surface area (Å²) in [6.45, 7) is 5.96. The third kappa shape index (κ3) is 3.51. The predicted molar refractivity (Wildman–Crippen MR) is 90.4 cm³/mol. The molecule has 0 aliphatic rings. The number of rotatable bonds is 4. The molecule has 0 fully saturated rings. The molecule has 0 bridgehead atoms. The normalized spacial score (nSPS) is 12.3. The second-order valence-electron chi connectivity index (χ2n) is 5.57. The number of benzene rings is 1. The molecular formula is C17H17N5S. The molecule has 5 nitrogen and oxygen atoms in total. The van der Waals surface area contributed by atoms with Crippen LogP contribution in [0.25, 0.3) is 5.78 Å². The molecule has 1 aromatic carbocycles. The zero-order valence-corrected chi connectivity index (χ0v) is 14.1. The van der Waals surface area contributed by atoms with Crippen molar-refractivity contribution in [2.75, 3.05) is 0 Å². The van der Waals surface area contributed by atoms with E-state index in [1.165, 1.54) is 17.3 Å². The van der Waals surface area contributed by atoms with E-state index >= 15 is 0 Å². The predicted octanol–water partition coefficient (Wildman–Crippen LogP) is 3.28. The standard InChI is InChI=1S/C17H17N5S/c1-11-4-6-14(7-5-11)9-15(10-18)23-17-20-16-19-12(2)8-13(3)22(16)21-17/h4-8,15H,9H2,1-3H3. The topological polar surface area (TPSA) is 66.9 Å². The van der Waals surface area contributed by atoms with E-state index in [1.54, 1.807) is 4.52 Å². The zero-order valence-electron chi connectivity index (χ0n) is 13.3. The lowest BCUT2D eigenvalue weighted by molar-refractivity contribution is 0.841. The Morgan fingerprint density at radius 2 is 1.91 bits per heavy atom. The number of hydrogen-bond donors (Lipinski definition) is 0. The van der Waals surface area contributed by atoms with E-state index in [4.69, 9.17) is 0 Å². The first-order chi connectivity index (χ1) is 11.0. The van der Waals surface area contributed by atoms with Crippen LogP contribution in [0.2, 0.25) is 0 Å². The van der Waals surface area contributed by atoms with Crippen LogP contribution in [0, 0.1) is 32.1 Å². The van der Waals surface area contributed by atoms with Crippen LogP contribution in [0.15, 0.2) is 35.5 Å². The van der Waals surface area contributed by atoms with Crippen molar-refractivity contribution < 1.29 is 0 Å². The van der Waals surface area contributed by atoms with Crippen molar-refractivity contribution in [3.05, 3.63) is 52.8 Å². The maximum absolute atomic E-state index is 9.43. The number of thioether (sulfide) groups is 1. The van der Waals surface area contributed by atoms with Crippen LogP contribution in [0.3, 0.4) is 0 Å². The van der Waals surface area contributed by atoms with Gasteiger partial charge in [-0.3, -0.25) is 0 Å². The third-order valence-electron chi connectivity index (χ3n) is 3.53. The molecule has 116 valence electrons. The number of nitrogens with zero attached hydrogens (tertiary/aromatic N) is 5. The van der Waals surface area contributed by atoms with Crippen molar-refractivity contribution in [1.29, 1.82) is 5.26 Å². The van der Waals surface area contributed by atoms with Gasteiger partial charge in [0.15, 0.2) is 0 Å². The highest BCUT2D eigenvalue weighted by Crippen LogP contribution is 2.23. The van der Waals surface area contributed by atoms with Crippen molar-refractivity contribution in [1.82, 2.24) is 19.6 Å². The van der Waals surface area contributed by atoms with Crippen LogP contribution in [-0.2, 0) is 6.42 Å². The molecule has 0 saturated heterocycles. The summed E-state index contributed by atoms with van der Waals surface area (Å²) < 4.78 is 1.72. The molecule has 0 amide bonds. The fraction of sp³-hybridized carbons (Fsp3) is 0.294. The average molecular weight is 323 g/mol. The molecule has 3 aromatic rings. The van der Waals surface area contributed by atoms with Crippen LogP contribution >= 0.6 is 11.8 Å². The Labute approximate surface area is 139 Å². The first-order valence-corrected chi connectivity index (χ1v) is 8.26. The smallest absolute Gasteiger partial charge is 0.216 e. The maximum atomic E-state index is 9.43. The number of hydrogen-bond acceptors (Lipinski definition) is 5. The van der Waals surface area contributed by atoms with Crippen molar-refractivity contribution in [2.45, 2.75) is 37.6 Å². The SMILES string of the molecule is Cc1ccc(CC(C#N)Sc2nc3nc(C)cc(C)n3n2)cc1. The van der Waals surface area contributed by atoms with Gasteiger partial charge in [0.2, 0.25) is 5.16 Å². The maximum Gasteiger partial charge on any atom is 0.253 e. The van der Waals surface area contributed by atoms with Crippen LogP contribution in [-0.4, -0.2) is 24.8 Å². The Bertz CT molecular complexity index is 876. The lowest BCUT2D eigenvalue weighted by atomic mass is 10.1. The molecule has 0 aliphatic carbocycles. The monoisotopic (exact) mass is 323 g/mol. The molecule has 3 rings (SSSR count). The Balaban J connectivity index is 1.80. The Kier molecular flexibility index (Phi) is 4.30. The molecule has 23 heavy (non-hydrogen) atoms. The number of aryl methyl sites for hydroxylation is 3. The minimum atomic E-state index is -0.225. The van der Waals surface area contributed by atoms with E-state index < -0.39 is 0 Å². The van der Waals surface area contributed by atoms with Gasteiger partial charge in [-0.05, 0) is 38.8 Å². The molecule has 0 radical (unpaired) electrons. The van der Waals surface area contributed by atoms with E-state index in [2.05, 4.69) is 52.3 Å². The van der Waals surface area contributed by atoms with E-state index in [1.807, 2.05) is 19.9 Å². The first kappa shape index (κ1) is 15.5. The molecule has 1 atom stereocenters. The number of aromatic nitrogens is 4. The average Bonchev–Trinajstić information content (AvgIpc) is 2.91. The molecule has 2 heterocycles. The molecule has 0 spiro atoms. The zero-order chi connectivity index (χ0) is 16.4. The van der Waals surface area contributed by atoms with Gasteiger partial charge in [-0.25, -0.2) is 9.50 Å². The fourth-order valence-electron chi connectivity index (χ4n) is 2.38. The van der Waals surface area contributed by atoms with E-state index in [-0.39, 0.29) is 5.25 Å². The highest BCUT2D eigenvalue weighted by Gasteiger charge is 2.15. The lowest BCUT2D eigenvalue weighted by Gasteiger charge is -2.06. The van der Waals surface area contributed by atoms with Gasteiger partial charge in [0.05, 0.1) is 6.07 Å². The summed E-state index contributed by atoms with van der Waals surface area (Å²) in [5.41, 5.74) is 4.26. The highest BCUT2D eigenvalue weighted by molar-refractivity contribution is 8.00. The van der Waals surface area contributed by atoms with Gasteiger partial charge in [0.25, 0.3) is 5.78 Å². The van der Waals surface area contributed by atoms with Gasteiger partial charge in [-0.15, -0.1) is 5.10 Å². The van der Waals surface area contributed by atoms with Crippen molar-refractivity contribution in [2.24, 2.45) is 0 Å². The number of fused-ring (bicyclic) bond motifs is 1. The summed E-state index contributed by atoms with van der Waals surface area (Å²) in [7, 11) is 0. The summed E-state index contributed by atoms with van der Waals surface area (Å²) in [5, 5.41) is 14.2. The van der Waals surface area contributed by atoms with Crippen LogP contribution in [0.4, 0.5) is 0 Å². The Morgan fingerprint density at radius 1 is 1.17 bits per heavy atom. The van der Waals surface area contributed by atoms with Gasteiger partial charge < -0.3 is 0 Å². The van der Waals surface area contributed by atoms with Gasteiger partial charge in [0.1, 0.15) is 5.25 Å². The summed E-state index contributed by atoms with van der Waals surface area (Å²) in [4.78, 5) is 8.81. The number of nitriles is 1. The summed E-state index contributed by atoms with van der Waals surface area (Å²) in [6.07, 6.45) is 0.669. The quantitative estimate of drug-likeness (QED) is 0.689. The van der Waals surface area contributed by atoms with E-state index in [9.17, 15) is 5.26 Å². The summed E-state index contributed by atoms with van der Waals surface area (Å²) in [6, 6.07) is 12.5. The minimum absolute atomic E-state index is 0.225. The molecular weight excluding hydrogens is 306 g/mol. The van der Waals surface area contributed by atoms with Gasteiger partial charge in [-0.2, -0.15) is 10.2 Å². The van der Waals surface area contributed by atoms with Crippen LogP contribution < -0.4 is 0 Å². The van der Waals surface area contributed by atoms with E-state index in [0.717, 1.165) is 17.0 Å². The van der Waals surface area contributed by atoms with Gasteiger partial charge >= 0.3 is 0 Å². The molecule has 6 heteroatoms. The molecule has 1 unspecified atom stereocenters. The largest absolute Gasteiger partial charge is 0.253 e. The molecule has 0 aliphatic heterocycles. The van der Waals surface area contributed by atoms with Crippen molar-refractivity contribution in [3.63, 3.8) is 0 Å². The molecule has 0 N–H and O–H groups in total. The fourth-order valence-corrected chi connectivity index (χ4v) is 3.22. The summed E-state index contributed by atoms with van der Waals surface area (Å²) >= 11 is 1.38. The highest BCUT2D eigenvalue weighted by atomic mass is 32.2. The second-order valence-corrected chi connectivity index (χ2v) is 6.74. The Hall–Kier alpha value is -2.39. The molecule has 0 saturated carbocycles. The second kappa shape index (κ2) is 6.39. The van der Waals surface area contributed by atoms with Crippen LogP contribution in [0.1, 0.15) is 22.5 Å². The third-order valence-corrected chi connectivity index (χ3v) is 4.47.